The van der Waals surface area contributed by atoms with Gasteiger partial charge in [-0.15, -0.1) is 0 Å². The molecule has 4 heteroatoms. The lowest BCUT2D eigenvalue weighted by Crippen LogP contribution is -1.97. The third-order valence-electron chi connectivity index (χ3n) is 4.03. The van der Waals surface area contributed by atoms with Crippen molar-refractivity contribution in [2.45, 2.75) is 6.61 Å². The Balaban J connectivity index is 1.51. The maximum absolute atomic E-state index is 12.5. The Kier molecular flexibility index (Phi) is 4.46. The van der Waals surface area contributed by atoms with Gasteiger partial charge in [-0.3, -0.25) is 4.79 Å². The molecule has 0 aliphatic carbocycles. The molecule has 0 radical (unpaired) electrons. The molecule has 0 atom stereocenters. The van der Waals surface area contributed by atoms with Crippen LogP contribution < -0.4 is 9.47 Å². The summed E-state index contributed by atoms with van der Waals surface area (Å²) in [5.74, 6) is 1.35. The maximum atomic E-state index is 12.5. The molecule has 0 fully saturated rings. The molecule has 1 aliphatic rings. The molecule has 1 aliphatic heterocycles. The quantitative estimate of drug-likeness (QED) is 0.572. The molecule has 0 spiro atoms. The third kappa shape index (κ3) is 3.48. The molecule has 0 N–H and O–H groups in total. The van der Waals surface area contributed by atoms with Gasteiger partial charge in [0, 0.05) is 11.1 Å². The monoisotopic (exact) mass is 362 g/mol. The van der Waals surface area contributed by atoms with Gasteiger partial charge in [-0.05, 0) is 41.5 Å². The van der Waals surface area contributed by atoms with Crippen molar-refractivity contribution in [1.82, 2.24) is 0 Å². The van der Waals surface area contributed by atoms with E-state index in [1.165, 1.54) is 0 Å². The van der Waals surface area contributed by atoms with Crippen LogP contribution in [0.15, 0.2) is 78.6 Å². The second-order valence-corrected chi connectivity index (χ2v) is 6.36. The van der Waals surface area contributed by atoms with E-state index in [0.29, 0.717) is 34.5 Å². The van der Waals surface area contributed by atoms with Gasteiger partial charge in [0.15, 0.2) is 5.76 Å². The number of ether oxygens (including phenoxy) is 2. The standard InChI is InChI=1S/C22H15ClO3/c23-17-8-4-7-16(11-17)14-25-18-9-10-19-20(13-18)26-21(22(19)24)12-15-5-2-1-3-6-15/h1-13H,14H2/b21-12-. The van der Waals surface area contributed by atoms with Gasteiger partial charge in [0.05, 0.1) is 5.56 Å². The number of hydrogen-bond acceptors (Lipinski definition) is 3. The Morgan fingerprint density at radius 1 is 0.962 bits per heavy atom. The number of rotatable bonds is 4. The molecule has 4 rings (SSSR count). The molecule has 0 amide bonds. The normalized spacial score (nSPS) is 14.2. The number of allylic oxidation sites excluding steroid dienone is 1. The lowest BCUT2D eigenvalue weighted by atomic mass is 10.1. The van der Waals surface area contributed by atoms with E-state index in [0.717, 1.165) is 11.1 Å². The van der Waals surface area contributed by atoms with E-state index in [-0.39, 0.29) is 5.78 Å². The van der Waals surface area contributed by atoms with E-state index in [9.17, 15) is 4.79 Å². The highest BCUT2D eigenvalue weighted by molar-refractivity contribution is 6.30. The molecule has 3 aromatic carbocycles. The number of carbonyl (C=O) groups excluding carboxylic acids is 1. The van der Waals surface area contributed by atoms with E-state index >= 15 is 0 Å². The van der Waals surface area contributed by atoms with Crippen LogP contribution in [0.3, 0.4) is 0 Å². The van der Waals surface area contributed by atoms with Crippen molar-refractivity contribution in [3.8, 4) is 11.5 Å². The summed E-state index contributed by atoms with van der Waals surface area (Å²) >= 11 is 5.98. The number of hydrogen-bond donors (Lipinski definition) is 0. The Morgan fingerprint density at radius 3 is 2.62 bits per heavy atom. The van der Waals surface area contributed by atoms with Gasteiger partial charge in [-0.1, -0.05) is 54.1 Å². The molecule has 26 heavy (non-hydrogen) atoms. The molecule has 3 nitrogen and oxygen atoms in total. The molecular weight excluding hydrogens is 348 g/mol. The highest BCUT2D eigenvalue weighted by atomic mass is 35.5. The van der Waals surface area contributed by atoms with Crippen LogP contribution in [0.5, 0.6) is 11.5 Å². The van der Waals surface area contributed by atoms with Crippen LogP contribution in [0.2, 0.25) is 5.02 Å². The van der Waals surface area contributed by atoms with Crippen LogP contribution in [-0.2, 0) is 6.61 Å². The van der Waals surface area contributed by atoms with Gasteiger partial charge in [-0.2, -0.15) is 0 Å². The fourth-order valence-corrected chi connectivity index (χ4v) is 2.96. The lowest BCUT2D eigenvalue weighted by Gasteiger charge is -2.07. The van der Waals surface area contributed by atoms with Gasteiger partial charge in [0.2, 0.25) is 5.78 Å². The molecule has 0 aromatic heterocycles. The van der Waals surface area contributed by atoms with Crippen LogP contribution in [-0.4, -0.2) is 5.78 Å². The molecule has 0 saturated heterocycles. The molecular formula is C22H15ClO3. The zero-order chi connectivity index (χ0) is 17.9. The number of ketones is 1. The summed E-state index contributed by atoms with van der Waals surface area (Å²) in [6.07, 6.45) is 1.74. The van der Waals surface area contributed by atoms with Crippen LogP contribution in [0.1, 0.15) is 21.5 Å². The Labute approximate surface area is 156 Å². The van der Waals surface area contributed by atoms with Crippen molar-refractivity contribution >= 4 is 23.5 Å². The number of benzene rings is 3. The smallest absolute Gasteiger partial charge is 0.231 e. The first-order valence-electron chi connectivity index (χ1n) is 8.20. The zero-order valence-corrected chi connectivity index (χ0v) is 14.6. The molecule has 1 heterocycles. The van der Waals surface area contributed by atoms with Crippen molar-refractivity contribution < 1.29 is 14.3 Å². The van der Waals surface area contributed by atoms with E-state index < -0.39 is 0 Å². The minimum absolute atomic E-state index is 0.120. The van der Waals surface area contributed by atoms with E-state index in [2.05, 4.69) is 0 Å². The predicted molar refractivity (Wildman–Crippen MR) is 102 cm³/mol. The van der Waals surface area contributed by atoms with Crippen LogP contribution in [0.4, 0.5) is 0 Å². The second-order valence-electron chi connectivity index (χ2n) is 5.93. The summed E-state index contributed by atoms with van der Waals surface area (Å²) in [5, 5.41) is 0.671. The van der Waals surface area contributed by atoms with Crippen molar-refractivity contribution in [3.63, 3.8) is 0 Å². The zero-order valence-electron chi connectivity index (χ0n) is 13.8. The van der Waals surface area contributed by atoms with E-state index in [1.54, 1.807) is 24.3 Å². The second kappa shape index (κ2) is 7.06. The van der Waals surface area contributed by atoms with Crippen molar-refractivity contribution in [1.29, 1.82) is 0 Å². The number of carbonyl (C=O) groups is 1. The van der Waals surface area contributed by atoms with Gasteiger partial charge < -0.3 is 9.47 Å². The highest BCUT2D eigenvalue weighted by Crippen LogP contribution is 2.35. The van der Waals surface area contributed by atoms with Crippen LogP contribution in [0.25, 0.3) is 6.08 Å². The first-order chi connectivity index (χ1) is 12.7. The highest BCUT2D eigenvalue weighted by Gasteiger charge is 2.27. The number of halogens is 1. The third-order valence-corrected chi connectivity index (χ3v) is 4.27. The van der Waals surface area contributed by atoms with E-state index in [4.69, 9.17) is 21.1 Å². The summed E-state index contributed by atoms with van der Waals surface area (Å²) in [4.78, 5) is 12.5. The SMILES string of the molecule is O=C1/C(=C/c2ccccc2)Oc2cc(OCc3cccc(Cl)c3)ccc21. The summed E-state index contributed by atoms with van der Waals surface area (Å²) in [5.41, 5.74) is 2.43. The number of fused-ring (bicyclic) bond motifs is 1. The molecule has 0 unspecified atom stereocenters. The Morgan fingerprint density at radius 2 is 1.81 bits per heavy atom. The van der Waals surface area contributed by atoms with Gasteiger partial charge >= 0.3 is 0 Å². The van der Waals surface area contributed by atoms with Crippen LogP contribution >= 0.6 is 11.6 Å². The van der Waals surface area contributed by atoms with Crippen LogP contribution in [0, 0.1) is 0 Å². The number of Topliss-reactive ketones (excluding diaryl/α,β-unsaturated/α-hetero) is 1. The van der Waals surface area contributed by atoms with Gasteiger partial charge in [0.25, 0.3) is 0 Å². The first kappa shape index (κ1) is 16.4. The van der Waals surface area contributed by atoms with Crippen molar-refractivity contribution in [2.24, 2.45) is 0 Å². The molecule has 3 aromatic rings. The molecule has 0 saturated carbocycles. The Bertz CT molecular complexity index is 993. The van der Waals surface area contributed by atoms with E-state index in [1.807, 2.05) is 54.6 Å². The van der Waals surface area contributed by atoms with Gasteiger partial charge in [0.1, 0.15) is 18.1 Å². The molecule has 128 valence electrons. The fraction of sp³-hybridized carbons (Fsp3) is 0.0455. The average Bonchev–Trinajstić information content (AvgIpc) is 2.96. The van der Waals surface area contributed by atoms with Crippen molar-refractivity contribution in [3.05, 3.63) is 100 Å². The van der Waals surface area contributed by atoms with Gasteiger partial charge in [-0.25, -0.2) is 0 Å². The first-order valence-corrected chi connectivity index (χ1v) is 8.57. The summed E-state index contributed by atoms with van der Waals surface area (Å²) in [6, 6.07) is 22.4. The maximum Gasteiger partial charge on any atom is 0.231 e. The average molecular weight is 363 g/mol. The minimum Gasteiger partial charge on any atom is -0.489 e. The van der Waals surface area contributed by atoms with Crippen molar-refractivity contribution in [2.75, 3.05) is 0 Å². The Hall–Kier alpha value is -3.04. The largest absolute Gasteiger partial charge is 0.489 e. The minimum atomic E-state index is -0.120. The summed E-state index contributed by atoms with van der Waals surface area (Å²) in [7, 11) is 0. The lowest BCUT2D eigenvalue weighted by molar-refractivity contribution is 0.101. The molecule has 0 bridgehead atoms. The predicted octanol–water partition coefficient (Wildman–Crippen LogP) is 5.54. The summed E-state index contributed by atoms with van der Waals surface area (Å²) in [6.45, 7) is 0.389. The topological polar surface area (TPSA) is 35.5 Å². The fourth-order valence-electron chi connectivity index (χ4n) is 2.75. The summed E-state index contributed by atoms with van der Waals surface area (Å²) < 4.78 is 11.5.